The second-order valence-corrected chi connectivity index (χ2v) is 15.5. The van der Waals surface area contributed by atoms with Gasteiger partial charge >= 0.3 is 0 Å². The summed E-state index contributed by atoms with van der Waals surface area (Å²) in [6.07, 6.45) is 0. The molecule has 0 spiro atoms. The number of hydrogen-bond donors (Lipinski definition) is 0. The lowest BCUT2D eigenvalue weighted by Gasteiger charge is -2.12. The van der Waals surface area contributed by atoms with Crippen molar-refractivity contribution in [2.24, 2.45) is 0 Å². The van der Waals surface area contributed by atoms with Crippen LogP contribution in [0.5, 0.6) is 0 Å². The zero-order valence-electron chi connectivity index (χ0n) is 30.0. The topological polar surface area (TPSA) is 43.6 Å². The second-order valence-electron chi connectivity index (χ2n) is 14.4. The van der Waals surface area contributed by atoms with E-state index in [0.29, 0.717) is 17.5 Å². The lowest BCUT2D eigenvalue weighted by Crippen LogP contribution is -2.00. The first kappa shape index (κ1) is 31.2. The van der Waals surface area contributed by atoms with Gasteiger partial charge in [-0.2, -0.15) is 0 Å². The molecule has 0 atom stereocenters. The van der Waals surface area contributed by atoms with Crippen molar-refractivity contribution in [3.8, 4) is 39.9 Å². The number of benzene rings is 9. The smallest absolute Gasteiger partial charge is 0.164 e. The van der Waals surface area contributed by atoms with E-state index in [9.17, 15) is 0 Å². The first-order valence-electron chi connectivity index (χ1n) is 18.9. The first-order chi connectivity index (χ1) is 27.7. The Kier molecular flexibility index (Phi) is 6.76. The van der Waals surface area contributed by atoms with Gasteiger partial charge in [0.05, 0.1) is 11.0 Å². The second kappa shape index (κ2) is 12.2. The van der Waals surface area contributed by atoms with Crippen LogP contribution in [0.3, 0.4) is 0 Å². The van der Waals surface area contributed by atoms with Crippen molar-refractivity contribution in [1.82, 2.24) is 19.5 Å². The fourth-order valence-corrected chi connectivity index (χ4v) is 9.93. The summed E-state index contributed by atoms with van der Waals surface area (Å²) in [4.78, 5) is 15.9. The standard InChI is InChI=1S/C51H30N4S/c1-3-14-32(15-4-1)49-52-50(36-25-26-44-40(29-36)39-21-11-12-22-43(39)55(44)37-18-5-2-6-19-37)54-51(53-49)42-28-35-24-23-31-13-9-10-20-38(31)46(35)48-47(42)41-27-33-16-7-8-17-34(33)30-45(41)56-48/h1-30H. The highest BCUT2D eigenvalue weighted by Crippen LogP contribution is 2.47. The fraction of sp³-hybridized carbons (Fsp3) is 0. The third-order valence-electron chi connectivity index (χ3n) is 11.2. The number of para-hydroxylation sites is 2. The molecule has 4 nitrogen and oxygen atoms in total. The van der Waals surface area contributed by atoms with Crippen LogP contribution in [0, 0.1) is 0 Å². The summed E-state index contributed by atoms with van der Waals surface area (Å²) >= 11 is 1.86. The summed E-state index contributed by atoms with van der Waals surface area (Å²) in [5, 5.41) is 12.1. The van der Waals surface area contributed by atoms with Crippen LogP contribution in [-0.2, 0) is 0 Å². The maximum atomic E-state index is 5.39. The predicted octanol–water partition coefficient (Wildman–Crippen LogP) is 13.8. The molecule has 0 bridgehead atoms. The van der Waals surface area contributed by atoms with Crippen LogP contribution < -0.4 is 0 Å². The van der Waals surface area contributed by atoms with Crippen molar-refractivity contribution >= 4 is 85.6 Å². The van der Waals surface area contributed by atoms with Gasteiger partial charge in [0.25, 0.3) is 0 Å². The summed E-state index contributed by atoms with van der Waals surface area (Å²) in [5.41, 5.74) is 6.33. The molecule has 0 saturated heterocycles. The van der Waals surface area contributed by atoms with E-state index >= 15 is 0 Å². The van der Waals surface area contributed by atoms with Crippen LogP contribution in [0.1, 0.15) is 0 Å². The quantitative estimate of drug-likeness (QED) is 0.169. The molecule has 260 valence electrons. The summed E-state index contributed by atoms with van der Waals surface area (Å²) < 4.78 is 4.83. The lowest BCUT2D eigenvalue weighted by molar-refractivity contribution is 1.08. The van der Waals surface area contributed by atoms with Gasteiger partial charge in [-0.05, 0) is 81.5 Å². The number of thiophene rings is 1. The molecule has 0 fully saturated rings. The van der Waals surface area contributed by atoms with E-state index in [2.05, 4.69) is 168 Å². The molecule has 0 aliphatic heterocycles. The minimum Gasteiger partial charge on any atom is -0.309 e. The molecular weight excluding hydrogens is 701 g/mol. The van der Waals surface area contributed by atoms with Crippen LogP contribution in [0.25, 0.3) is 114 Å². The molecular formula is C51H30N4S. The Morgan fingerprint density at radius 1 is 0.375 bits per heavy atom. The number of fused-ring (bicyclic) bond motifs is 11. The number of nitrogens with zero attached hydrogens (tertiary/aromatic N) is 4. The van der Waals surface area contributed by atoms with Crippen molar-refractivity contribution in [3.63, 3.8) is 0 Å². The Bertz CT molecular complexity index is 3530. The molecule has 0 aliphatic rings. The Hall–Kier alpha value is -7.21. The van der Waals surface area contributed by atoms with Crippen molar-refractivity contribution in [2.75, 3.05) is 0 Å². The monoisotopic (exact) mass is 730 g/mol. The molecule has 3 heterocycles. The van der Waals surface area contributed by atoms with Gasteiger partial charge in [-0.1, -0.05) is 127 Å². The highest BCUT2D eigenvalue weighted by atomic mass is 32.1. The molecule has 0 N–H and O–H groups in total. The maximum Gasteiger partial charge on any atom is 0.164 e. The SMILES string of the molecule is c1ccc(-c2nc(-c3ccc4c(c3)c3ccccc3n4-c3ccccc3)nc(-c3cc4ccc5ccccc5c4c4sc5cc6ccccc6cc5c34)n2)cc1. The molecule has 9 aromatic carbocycles. The molecule has 12 aromatic rings. The van der Waals surface area contributed by atoms with Crippen LogP contribution in [0.4, 0.5) is 0 Å². The predicted molar refractivity (Wildman–Crippen MR) is 236 cm³/mol. The van der Waals surface area contributed by atoms with E-state index in [1.807, 2.05) is 29.5 Å². The van der Waals surface area contributed by atoms with Gasteiger partial charge in [-0.15, -0.1) is 11.3 Å². The molecule has 5 heteroatoms. The van der Waals surface area contributed by atoms with Crippen LogP contribution in [0.2, 0.25) is 0 Å². The van der Waals surface area contributed by atoms with Gasteiger partial charge < -0.3 is 4.57 Å². The Labute approximate surface area is 325 Å². The first-order valence-corrected chi connectivity index (χ1v) is 19.7. The number of aromatic nitrogens is 4. The molecule has 0 aliphatic carbocycles. The molecule has 0 radical (unpaired) electrons. The summed E-state index contributed by atoms with van der Waals surface area (Å²) in [5.74, 6) is 1.95. The number of rotatable bonds is 4. The van der Waals surface area contributed by atoms with Crippen LogP contribution in [-0.4, -0.2) is 19.5 Å². The third-order valence-corrected chi connectivity index (χ3v) is 12.3. The maximum absolute atomic E-state index is 5.39. The van der Waals surface area contributed by atoms with Crippen LogP contribution >= 0.6 is 11.3 Å². The molecule has 56 heavy (non-hydrogen) atoms. The molecule has 0 unspecified atom stereocenters. The third kappa shape index (κ3) is 4.75. The normalized spacial score (nSPS) is 11.9. The van der Waals surface area contributed by atoms with E-state index in [-0.39, 0.29) is 0 Å². The van der Waals surface area contributed by atoms with Crippen molar-refractivity contribution in [2.45, 2.75) is 0 Å². The Balaban J connectivity index is 1.16. The Morgan fingerprint density at radius 2 is 1.00 bits per heavy atom. The van der Waals surface area contributed by atoms with E-state index < -0.39 is 0 Å². The zero-order chi connectivity index (χ0) is 36.7. The zero-order valence-corrected chi connectivity index (χ0v) is 30.8. The number of hydrogen-bond acceptors (Lipinski definition) is 4. The molecule has 3 aromatic heterocycles. The van der Waals surface area contributed by atoms with E-state index in [0.717, 1.165) is 38.8 Å². The molecule has 0 saturated carbocycles. The summed E-state index contributed by atoms with van der Waals surface area (Å²) in [6, 6.07) is 64.9. The average Bonchev–Trinajstić information content (AvgIpc) is 3.81. The molecule has 12 rings (SSSR count). The Morgan fingerprint density at radius 3 is 1.82 bits per heavy atom. The van der Waals surface area contributed by atoms with Gasteiger partial charge in [0, 0.05) is 58.7 Å². The minimum atomic E-state index is 0.643. The highest BCUT2D eigenvalue weighted by Gasteiger charge is 2.21. The van der Waals surface area contributed by atoms with Crippen molar-refractivity contribution < 1.29 is 0 Å². The van der Waals surface area contributed by atoms with Crippen LogP contribution in [0.15, 0.2) is 182 Å². The van der Waals surface area contributed by atoms with Crippen molar-refractivity contribution in [3.05, 3.63) is 182 Å². The van der Waals surface area contributed by atoms with Gasteiger partial charge in [-0.25, -0.2) is 15.0 Å². The van der Waals surface area contributed by atoms with E-state index in [1.165, 1.54) is 57.9 Å². The van der Waals surface area contributed by atoms with Gasteiger partial charge in [0.15, 0.2) is 17.5 Å². The van der Waals surface area contributed by atoms with Gasteiger partial charge in [0.2, 0.25) is 0 Å². The van der Waals surface area contributed by atoms with E-state index in [1.54, 1.807) is 0 Å². The summed E-state index contributed by atoms with van der Waals surface area (Å²) in [6.45, 7) is 0. The molecule has 0 amide bonds. The highest BCUT2D eigenvalue weighted by molar-refractivity contribution is 7.27. The van der Waals surface area contributed by atoms with Gasteiger partial charge in [-0.3, -0.25) is 0 Å². The largest absolute Gasteiger partial charge is 0.309 e. The fourth-order valence-electron chi connectivity index (χ4n) is 8.60. The lowest BCUT2D eigenvalue weighted by atomic mass is 9.95. The average molecular weight is 731 g/mol. The van der Waals surface area contributed by atoms with Crippen molar-refractivity contribution in [1.29, 1.82) is 0 Å². The van der Waals surface area contributed by atoms with Gasteiger partial charge in [0.1, 0.15) is 0 Å². The minimum absolute atomic E-state index is 0.643. The summed E-state index contributed by atoms with van der Waals surface area (Å²) in [7, 11) is 0. The van der Waals surface area contributed by atoms with E-state index in [4.69, 9.17) is 15.0 Å².